The number of fused-ring (bicyclic) bond motifs is 1. The zero-order chi connectivity index (χ0) is 22.9. The summed E-state index contributed by atoms with van der Waals surface area (Å²) < 4.78 is 10.3. The van der Waals surface area contributed by atoms with Gasteiger partial charge in [-0.2, -0.15) is 0 Å². The molecule has 1 aliphatic rings. The van der Waals surface area contributed by atoms with Crippen LogP contribution in [-0.4, -0.2) is 41.8 Å². The number of ether oxygens (including phenoxy) is 2. The Morgan fingerprint density at radius 2 is 1.74 bits per heavy atom. The maximum Gasteiger partial charge on any atom is 0.342 e. The lowest BCUT2D eigenvalue weighted by atomic mass is 9.95. The van der Waals surface area contributed by atoms with E-state index in [9.17, 15) is 19.2 Å². The zero-order valence-electron chi connectivity index (χ0n) is 18.3. The van der Waals surface area contributed by atoms with Gasteiger partial charge in [0.25, 0.3) is 0 Å². The molecule has 1 unspecified atom stereocenters. The number of Topliss-reactive ketones (excluding diaryl/α,β-unsaturated/α-hetero) is 1. The van der Waals surface area contributed by atoms with E-state index in [-0.39, 0.29) is 11.6 Å². The van der Waals surface area contributed by atoms with Gasteiger partial charge < -0.3 is 19.8 Å². The van der Waals surface area contributed by atoms with Crippen LogP contribution in [0.1, 0.15) is 79.6 Å². The molecule has 3 rings (SSSR count). The van der Waals surface area contributed by atoms with E-state index in [0.717, 1.165) is 36.1 Å². The number of carbonyl (C=O) groups excluding carboxylic acids is 4. The number of aromatic nitrogens is 1. The highest BCUT2D eigenvalue weighted by molar-refractivity contribution is 7.17. The largest absolute Gasteiger partial charge is 0.465 e. The first-order valence-electron chi connectivity index (χ1n) is 10.1. The Balaban J connectivity index is 1.86. The molecule has 8 nitrogen and oxygen atoms in total. The van der Waals surface area contributed by atoms with E-state index in [4.69, 9.17) is 9.47 Å². The van der Waals surface area contributed by atoms with Gasteiger partial charge in [0, 0.05) is 17.5 Å². The van der Waals surface area contributed by atoms with Crippen LogP contribution in [0.2, 0.25) is 0 Å². The molecular formula is C22H26N2O6S. The van der Waals surface area contributed by atoms with Crippen LogP contribution < -0.4 is 5.32 Å². The van der Waals surface area contributed by atoms with E-state index >= 15 is 0 Å². The minimum Gasteiger partial charge on any atom is -0.465 e. The Morgan fingerprint density at radius 1 is 1.06 bits per heavy atom. The summed E-state index contributed by atoms with van der Waals surface area (Å²) in [6.07, 6.45) is 2.49. The number of ketones is 1. The summed E-state index contributed by atoms with van der Waals surface area (Å²) in [7, 11) is 1.27. The number of aromatic amines is 1. The minimum atomic E-state index is -1.08. The molecule has 1 atom stereocenters. The van der Waals surface area contributed by atoms with Gasteiger partial charge >= 0.3 is 11.9 Å². The molecule has 0 spiro atoms. The van der Waals surface area contributed by atoms with E-state index in [1.54, 1.807) is 13.8 Å². The molecule has 0 bridgehead atoms. The molecule has 0 saturated carbocycles. The number of thiophene rings is 1. The van der Waals surface area contributed by atoms with Gasteiger partial charge in [-0.3, -0.25) is 9.59 Å². The predicted molar refractivity (Wildman–Crippen MR) is 116 cm³/mol. The SMILES string of the molecule is COC(=O)c1c(C)[nH]c(C(=O)C(C)OC(=O)c2c(NC(C)=O)sc3c2CCCC3)c1C. The van der Waals surface area contributed by atoms with Gasteiger partial charge in [-0.25, -0.2) is 9.59 Å². The van der Waals surface area contributed by atoms with Crippen molar-refractivity contribution < 1.29 is 28.7 Å². The number of H-pyrrole nitrogens is 1. The summed E-state index contributed by atoms with van der Waals surface area (Å²) in [6.45, 7) is 6.19. The first-order chi connectivity index (χ1) is 14.6. The lowest BCUT2D eigenvalue weighted by molar-refractivity contribution is -0.114. The van der Waals surface area contributed by atoms with E-state index in [1.165, 1.54) is 32.3 Å². The van der Waals surface area contributed by atoms with Gasteiger partial charge in [-0.05, 0) is 57.6 Å². The second-order valence-electron chi connectivity index (χ2n) is 7.62. The lowest BCUT2D eigenvalue weighted by Crippen LogP contribution is -2.26. The summed E-state index contributed by atoms with van der Waals surface area (Å²) in [6, 6.07) is 0. The Kier molecular flexibility index (Phi) is 6.64. The van der Waals surface area contributed by atoms with Gasteiger partial charge in [-0.15, -0.1) is 11.3 Å². The first-order valence-corrected chi connectivity index (χ1v) is 10.9. The molecule has 166 valence electrons. The number of carbonyl (C=O) groups is 4. The number of methoxy groups -OCH3 is 1. The van der Waals surface area contributed by atoms with Crippen molar-refractivity contribution in [1.29, 1.82) is 0 Å². The summed E-state index contributed by atoms with van der Waals surface area (Å²) in [5.41, 5.74) is 2.68. The third-order valence-electron chi connectivity index (χ3n) is 5.39. The third kappa shape index (κ3) is 4.41. The van der Waals surface area contributed by atoms with Crippen molar-refractivity contribution >= 4 is 40.0 Å². The third-order valence-corrected chi connectivity index (χ3v) is 6.60. The number of anilines is 1. The Labute approximate surface area is 184 Å². The standard InChI is InChI=1S/C22H26N2O6S/c1-10-16(21(27)29-5)11(2)23-18(10)19(26)12(3)30-22(28)17-14-8-6-7-9-15(14)31-20(17)24-13(4)25/h12,23H,6-9H2,1-5H3,(H,24,25). The number of hydrogen-bond acceptors (Lipinski definition) is 7. The van der Waals surface area contributed by atoms with Crippen molar-refractivity contribution in [3.8, 4) is 0 Å². The molecule has 31 heavy (non-hydrogen) atoms. The van der Waals surface area contributed by atoms with Crippen LogP contribution >= 0.6 is 11.3 Å². The van der Waals surface area contributed by atoms with Crippen molar-refractivity contribution in [2.75, 3.05) is 12.4 Å². The maximum absolute atomic E-state index is 13.0. The monoisotopic (exact) mass is 446 g/mol. The van der Waals surface area contributed by atoms with Crippen LogP contribution in [0.25, 0.3) is 0 Å². The molecular weight excluding hydrogens is 420 g/mol. The van der Waals surface area contributed by atoms with E-state index < -0.39 is 23.8 Å². The van der Waals surface area contributed by atoms with E-state index in [0.29, 0.717) is 27.4 Å². The van der Waals surface area contributed by atoms with Crippen molar-refractivity contribution in [1.82, 2.24) is 4.98 Å². The topological polar surface area (TPSA) is 115 Å². The van der Waals surface area contributed by atoms with Crippen LogP contribution in [0.5, 0.6) is 0 Å². The number of rotatable bonds is 6. The normalized spacial score (nSPS) is 13.8. The predicted octanol–water partition coefficient (Wildman–Crippen LogP) is 3.75. The summed E-state index contributed by atoms with van der Waals surface area (Å²) >= 11 is 1.39. The van der Waals surface area contributed by atoms with Crippen molar-refractivity contribution in [2.45, 2.75) is 59.5 Å². The van der Waals surface area contributed by atoms with Crippen molar-refractivity contribution in [2.24, 2.45) is 0 Å². The van der Waals surface area contributed by atoms with Gasteiger partial charge in [0.05, 0.1) is 23.9 Å². The van der Waals surface area contributed by atoms with Crippen molar-refractivity contribution in [3.05, 3.63) is 38.5 Å². The molecule has 2 aromatic heterocycles. The molecule has 2 aromatic rings. The molecule has 0 saturated heterocycles. The fourth-order valence-electron chi connectivity index (χ4n) is 3.91. The summed E-state index contributed by atoms with van der Waals surface area (Å²) in [5.74, 6) is -1.91. The van der Waals surface area contributed by atoms with Gasteiger partial charge in [-0.1, -0.05) is 0 Å². The number of esters is 2. The highest BCUT2D eigenvalue weighted by atomic mass is 32.1. The highest BCUT2D eigenvalue weighted by Crippen LogP contribution is 2.38. The quantitative estimate of drug-likeness (QED) is 0.516. The maximum atomic E-state index is 13.0. The molecule has 0 fully saturated rings. The summed E-state index contributed by atoms with van der Waals surface area (Å²) in [4.78, 5) is 53.6. The first kappa shape index (κ1) is 22.7. The van der Waals surface area contributed by atoms with E-state index in [2.05, 4.69) is 10.3 Å². The second-order valence-corrected chi connectivity index (χ2v) is 8.73. The molecule has 1 amide bonds. The molecule has 0 radical (unpaired) electrons. The molecule has 9 heteroatoms. The number of amides is 1. The zero-order valence-corrected chi connectivity index (χ0v) is 19.1. The number of aryl methyl sites for hydroxylation is 2. The number of hydrogen-bond donors (Lipinski definition) is 2. The van der Waals surface area contributed by atoms with Gasteiger partial charge in [0.2, 0.25) is 11.7 Å². The Hall–Kier alpha value is -2.94. The van der Waals surface area contributed by atoms with Gasteiger partial charge in [0.1, 0.15) is 5.00 Å². The van der Waals surface area contributed by atoms with Crippen LogP contribution in [0.15, 0.2) is 0 Å². The fourth-order valence-corrected chi connectivity index (χ4v) is 5.23. The average molecular weight is 447 g/mol. The average Bonchev–Trinajstić information content (AvgIpc) is 3.22. The summed E-state index contributed by atoms with van der Waals surface area (Å²) in [5, 5.41) is 3.18. The lowest BCUT2D eigenvalue weighted by Gasteiger charge is -2.15. The fraction of sp³-hybridized carbons (Fsp3) is 0.455. The molecule has 2 N–H and O–H groups in total. The molecule has 2 heterocycles. The molecule has 1 aliphatic carbocycles. The van der Waals surface area contributed by atoms with Crippen molar-refractivity contribution in [3.63, 3.8) is 0 Å². The van der Waals surface area contributed by atoms with Gasteiger partial charge in [0.15, 0.2) is 6.10 Å². The second kappa shape index (κ2) is 9.05. The van der Waals surface area contributed by atoms with Crippen LogP contribution in [-0.2, 0) is 27.1 Å². The minimum absolute atomic E-state index is 0.202. The van der Waals surface area contributed by atoms with E-state index in [1.807, 2.05) is 0 Å². The highest BCUT2D eigenvalue weighted by Gasteiger charge is 2.31. The smallest absolute Gasteiger partial charge is 0.342 e. The molecule has 0 aliphatic heterocycles. The Morgan fingerprint density at radius 3 is 2.39 bits per heavy atom. The molecule has 0 aromatic carbocycles. The van der Waals surface area contributed by atoms with Crippen LogP contribution in [0.3, 0.4) is 0 Å². The Bertz CT molecular complexity index is 1060. The number of nitrogens with one attached hydrogen (secondary N) is 2. The van der Waals surface area contributed by atoms with Crippen LogP contribution in [0, 0.1) is 13.8 Å². The van der Waals surface area contributed by atoms with Crippen LogP contribution in [0.4, 0.5) is 5.00 Å².